The number of ether oxygens (including phenoxy) is 1. The Morgan fingerprint density at radius 2 is 1.50 bits per heavy atom. The Bertz CT molecular complexity index is 195. The summed E-state index contributed by atoms with van der Waals surface area (Å²) in [5.74, 6) is 0. The first kappa shape index (κ1) is 12.0. The Kier molecular flexibility index (Phi) is 2.75. The molecule has 0 aliphatic carbocycles. The molecule has 1 atom stereocenters. The van der Waals surface area contributed by atoms with E-state index in [0.717, 1.165) is 13.0 Å². The third-order valence-corrected chi connectivity index (χ3v) is 3.51. The molecule has 1 aliphatic heterocycles. The van der Waals surface area contributed by atoms with Gasteiger partial charge in [0, 0.05) is 12.6 Å². The fourth-order valence-electron chi connectivity index (χ4n) is 3.33. The lowest BCUT2D eigenvalue weighted by atomic mass is 9.59. The van der Waals surface area contributed by atoms with E-state index in [4.69, 9.17) is 10.5 Å². The van der Waals surface area contributed by atoms with Crippen molar-refractivity contribution in [3.8, 4) is 0 Å². The van der Waals surface area contributed by atoms with Gasteiger partial charge in [-0.3, -0.25) is 0 Å². The molecule has 14 heavy (non-hydrogen) atoms. The maximum Gasteiger partial charge on any atom is 0.0929 e. The maximum atomic E-state index is 6.26. The van der Waals surface area contributed by atoms with E-state index < -0.39 is 0 Å². The fourth-order valence-corrected chi connectivity index (χ4v) is 3.33. The average molecular weight is 199 g/mol. The molecule has 0 bridgehead atoms. The van der Waals surface area contributed by atoms with Gasteiger partial charge < -0.3 is 10.5 Å². The van der Waals surface area contributed by atoms with E-state index in [0.29, 0.717) is 0 Å². The second-order valence-electron chi connectivity index (χ2n) is 6.48. The summed E-state index contributed by atoms with van der Waals surface area (Å²) < 4.78 is 6.06. The van der Waals surface area contributed by atoms with Gasteiger partial charge in [-0.15, -0.1) is 0 Å². The molecule has 0 saturated carbocycles. The lowest BCUT2D eigenvalue weighted by molar-refractivity contribution is -0.155. The van der Waals surface area contributed by atoms with E-state index in [2.05, 4.69) is 41.5 Å². The highest BCUT2D eigenvalue weighted by atomic mass is 16.5. The lowest BCUT2D eigenvalue weighted by Gasteiger charge is -2.52. The van der Waals surface area contributed by atoms with Crippen LogP contribution < -0.4 is 5.73 Å². The van der Waals surface area contributed by atoms with Crippen LogP contribution in [0.3, 0.4) is 0 Å². The molecule has 1 fully saturated rings. The van der Waals surface area contributed by atoms with E-state index in [1.165, 1.54) is 0 Å². The summed E-state index contributed by atoms with van der Waals surface area (Å²) in [6.07, 6.45) is 0.981. The molecule has 1 heterocycles. The molecular weight excluding hydrogens is 174 g/mol. The van der Waals surface area contributed by atoms with Crippen molar-refractivity contribution in [1.82, 2.24) is 0 Å². The normalized spacial score (nSPS) is 28.1. The van der Waals surface area contributed by atoms with Crippen molar-refractivity contribution >= 4 is 0 Å². The summed E-state index contributed by atoms with van der Waals surface area (Å²) in [5.41, 5.74) is 6.24. The van der Waals surface area contributed by atoms with Crippen LogP contribution in [0, 0.1) is 10.8 Å². The van der Waals surface area contributed by atoms with Gasteiger partial charge in [0.25, 0.3) is 0 Å². The average Bonchev–Trinajstić information content (AvgIpc) is 2.27. The van der Waals surface area contributed by atoms with Gasteiger partial charge in [0.2, 0.25) is 0 Å². The van der Waals surface area contributed by atoms with Gasteiger partial charge in [0.15, 0.2) is 0 Å². The predicted octanol–water partition coefficient (Wildman–Crippen LogP) is 2.57. The molecule has 2 nitrogen and oxygen atoms in total. The summed E-state index contributed by atoms with van der Waals surface area (Å²) in [5, 5.41) is 0. The second kappa shape index (κ2) is 3.21. The summed E-state index contributed by atoms with van der Waals surface area (Å²) in [4.78, 5) is 0. The smallest absolute Gasteiger partial charge is 0.0929 e. The molecule has 1 saturated heterocycles. The molecule has 2 N–H and O–H groups in total. The highest BCUT2D eigenvalue weighted by Crippen LogP contribution is 2.51. The van der Waals surface area contributed by atoms with Crippen molar-refractivity contribution < 1.29 is 4.74 Å². The highest BCUT2D eigenvalue weighted by molar-refractivity contribution is 5.09. The summed E-state index contributed by atoms with van der Waals surface area (Å²) in [7, 11) is 0. The minimum atomic E-state index is -0.194. The zero-order valence-electron chi connectivity index (χ0n) is 10.5. The van der Waals surface area contributed by atoms with Gasteiger partial charge in [-0.05, 0) is 17.3 Å². The standard InChI is InChI=1S/C12H25NO/c1-10(2,3)12(11(4,5)6)9(13)7-8-14-12/h9H,7-8,13H2,1-6H3. The van der Waals surface area contributed by atoms with Crippen LogP contribution in [-0.2, 0) is 4.74 Å². The predicted molar refractivity (Wildman–Crippen MR) is 60.2 cm³/mol. The quantitative estimate of drug-likeness (QED) is 0.651. The van der Waals surface area contributed by atoms with Crippen LogP contribution in [0.15, 0.2) is 0 Å². The van der Waals surface area contributed by atoms with Crippen molar-refractivity contribution in [3.63, 3.8) is 0 Å². The van der Waals surface area contributed by atoms with Crippen LogP contribution in [-0.4, -0.2) is 18.2 Å². The molecule has 0 aromatic heterocycles. The molecule has 0 spiro atoms. The third kappa shape index (κ3) is 1.49. The first-order valence-electron chi connectivity index (χ1n) is 5.52. The van der Waals surface area contributed by atoms with Crippen LogP contribution in [0.5, 0.6) is 0 Å². The van der Waals surface area contributed by atoms with Gasteiger partial charge >= 0.3 is 0 Å². The van der Waals surface area contributed by atoms with E-state index in [1.807, 2.05) is 0 Å². The minimum absolute atomic E-state index is 0.0845. The molecule has 0 amide bonds. The molecular formula is C12H25NO. The monoisotopic (exact) mass is 199 g/mol. The number of hydrogen-bond donors (Lipinski definition) is 1. The van der Waals surface area contributed by atoms with E-state index >= 15 is 0 Å². The maximum absolute atomic E-state index is 6.26. The van der Waals surface area contributed by atoms with Gasteiger partial charge in [-0.1, -0.05) is 41.5 Å². The Balaban J connectivity index is 3.16. The molecule has 1 rings (SSSR count). The topological polar surface area (TPSA) is 35.2 Å². The van der Waals surface area contributed by atoms with E-state index in [9.17, 15) is 0 Å². The van der Waals surface area contributed by atoms with Crippen molar-refractivity contribution in [2.45, 2.75) is 59.6 Å². The van der Waals surface area contributed by atoms with Crippen LogP contribution in [0.2, 0.25) is 0 Å². The number of hydrogen-bond acceptors (Lipinski definition) is 2. The molecule has 84 valence electrons. The van der Waals surface area contributed by atoms with Crippen LogP contribution in [0.25, 0.3) is 0 Å². The largest absolute Gasteiger partial charge is 0.372 e. The first-order valence-corrected chi connectivity index (χ1v) is 5.52. The van der Waals surface area contributed by atoms with Crippen molar-refractivity contribution in [1.29, 1.82) is 0 Å². The molecule has 0 aromatic rings. The third-order valence-electron chi connectivity index (χ3n) is 3.51. The van der Waals surface area contributed by atoms with E-state index in [1.54, 1.807) is 0 Å². The number of nitrogens with two attached hydrogens (primary N) is 1. The summed E-state index contributed by atoms with van der Waals surface area (Å²) in [6.45, 7) is 14.2. The van der Waals surface area contributed by atoms with E-state index in [-0.39, 0.29) is 22.5 Å². The Morgan fingerprint density at radius 3 is 1.64 bits per heavy atom. The molecule has 1 aliphatic rings. The lowest BCUT2D eigenvalue weighted by Crippen LogP contribution is -2.62. The summed E-state index contributed by atoms with van der Waals surface area (Å²) in [6, 6.07) is 0.155. The van der Waals surface area contributed by atoms with Gasteiger partial charge in [0.1, 0.15) is 0 Å². The molecule has 2 heteroatoms. The zero-order valence-corrected chi connectivity index (χ0v) is 10.5. The first-order chi connectivity index (χ1) is 6.13. The fraction of sp³-hybridized carbons (Fsp3) is 1.00. The van der Waals surface area contributed by atoms with Crippen molar-refractivity contribution in [3.05, 3.63) is 0 Å². The zero-order chi connectivity index (χ0) is 11.2. The Morgan fingerprint density at radius 1 is 1.07 bits per heavy atom. The van der Waals surface area contributed by atoms with Crippen molar-refractivity contribution in [2.24, 2.45) is 16.6 Å². The van der Waals surface area contributed by atoms with Crippen LogP contribution >= 0.6 is 0 Å². The van der Waals surface area contributed by atoms with Gasteiger partial charge in [-0.25, -0.2) is 0 Å². The SMILES string of the molecule is CC(C)(C)C1(C(C)(C)C)OCCC1N. The van der Waals surface area contributed by atoms with Gasteiger partial charge in [0.05, 0.1) is 5.60 Å². The molecule has 0 aromatic carbocycles. The van der Waals surface area contributed by atoms with Crippen LogP contribution in [0.1, 0.15) is 48.0 Å². The minimum Gasteiger partial charge on any atom is -0.372 e. The van der Waals surface area contributed by atoms with Crippen LogP contribution in [0.4, 0.5) is 0 Å². The molecule has 1 unspecified atom stereocenters. The summed E-state index contributed by atoms with van der Waals surface area (Å²) >= 11 is 0. The highest BCUT2D eigenvalue weighted by Gasteiger charge is 2.57. The Labute approximate surface area is 88.2 Å². The van der Waals surface area contributed by atoms with Gasteiger partial charge in [-0.2, -0.15) is 0 Å². The number of rotatable bonds is 0. The Hall–Kier alpha value is -0.0800. The molecule has 0 radical (unpaired) electrons. The van der Waals surface area contributed by atoms with Crippen molar-refractivity contribution in [2.75, 3.05) is 6.61 Å². The second-order valence-corrected chi connectivity index (χ2v) is 6.48.